The number of carbonyl (C=O) groups is 2. The summed E-state index contributed by atoms with van der Waals surface area (Å²) in [6, 6.07) is 14.9. The third-order valence-corrected chi connectivity index (χ3v) is 3.90. The zero-order valence-electron chi connectivity index (χ0n) is 15.9. The second kappa shape index (κ2) is 10.2. The summed E-state index contributed by atoms with van der Waals surface area (Å²) in [6.07, 6.45) is -0.792. The Morgan fingerprint density at radius 1 is 1.00 bits per heavy atom. The fourth-order valence-corrected chi connectivity index (χ4v) is 2.27. The van der Waals surface area contributed by atoms with Gasteiger partial charge in [-0.25, -0.2) is 0 Å². The van der Waals surface area contributed by atoms with Crippen LogP contribution in [-0.4, -0.2) is 31.7 Å². The number of nitrogens with one attached hydrogen (secondary N) is 1. The van der Waals surface area contributed by atoms with Crippen LogP contribution in [0, 0.1) is 6.92 Å². The highest BCUT2D eigenvalue weighted by Crippen LogP contribution is 2.12. The molecule has 0 saturated carbocycles. The zero-order chi connectivity index (χ0) is 19.6. The van der Waals surface area contributed by atoms with Crippen molar-refractivity contribution in [2.24, 2.45) is 0 Å². The minimum absolute atomic E-state index is 0.0734. The van der Waals surface area contributed by atoms with Crippen molar-refractivity contribution in [3.8, 4) is 11.5 Å². The molecule has 2 aromatic rings. The van der Waals surface area contributed by atoms with E-state index >= 15 is 0 Å². The topological polar surface area (TPSA) is 73.9 Å². The van der Waals surface area contributed by atoms with Gasteiger partial charge in [0.15, 0.2) is 6.10 Å². The number of carbonyl (C=O) groups excluding carboxylic acids is 2. The van der Waals surface area contributed by atoms with Crippen LogP contribution in [0.3, 0.4) is 0 Å². The molecule has 1 N–H and O–H groups in total. The second-order valence-corrected chi connectivity index (χ2v) is 6.11. The van der Waals surface area contributed by atoms with Gasteiger partial charge in [-0.2, -0.15) is 0 Å². The highest BCUT2D eigenvalue weighted by atomic mass is 16.5. The molecule has 0 aliphatic carbocycles. The van der Waals surface area contributed by atoms with E-state index in [-0.39, 0.29) is 18.9 Å². The van der Waals surface area contributed by atoms with Gasteiger partial charge in [-0.05, 0) is 43.7 Å². The highest BCUT2D eigenvalue weighted by molar-refractivity contribution is 5.83. The van der Waals surface area contributed by atoms with E-state index in [1.165, 1.54) is 0 Å². The number of aryl methyl sites for hydroxylation is 1. The fraction of sp³-hybridized carbons (Fsp3) is 0.333. The lowest BCUT2D eigenvalue weighted by molar-refractivity contribution is -0.155. The van der Waals surface area contributed by atoms with E-state index in [1.54, 1.807) is 14.0 Å². The molecule has 6 heteroatoms. The molecule has 0 fully saturated rings. The Morgan fingerprint density at radius 3 is 2.26 bits per heavy atom. The Balaban J connectivity index is 1.67. The van der Waals surface area contributed by atoms with Gasteiger partial charge in [-0.15, -0.1) is 0 Å². The maximum atomic E-state index is 12.1. The number of ether oxygens (including phenoxy) is 3. The van der Waals surface area contributed by atoms with Crippen LogP contribution < -0.4 is 14.8 Å². The maximum Gasteiger partial charge on any atom is 0.310 e. The monoisotopic (exact) mass is 371 g/mol. The van der Waals surface area contributed by atoms with Gasteiger partial charge in [-0.1, -0.05) is 29.8 Å². The van der Waals surface area contributed by atoms with Crippen molar-refractivity contribution in [2.45, 2.75) is 32.9 Å². The van der Waals surface area contributed by atoms with Crippen LogP contribution >= 0.6 is 0 Å². The highest BCUT2D eigenvalue weighted by Gasteiger charge is 2.17. The van der Waals surface area contributed by atoms with Crippen molar-refractivity contribution in [3.63, 3.8) is 0 Å². The lowest BCUT2D eigenvalue weighted by atomic mass is 10.2. The lowest BCUT2D eigenvalue weighted by Crippen LogP contribution is -2.35. The predicted octanol–water partition coefficient (Wildman–Crippen LogP) is 3.02. The number of hydrogen-bond acceptors (Lipinski definition) is 5. The van der Waals surface area contributed by atoms with E-state index in [0.717, 1.165) is 16.9 Å². The molecule has 0 saturated heterocycles. The molecule has 1 atom stereocenters. The first-order valence-corrected chi connectivity index (χ1v) is 8.77. The van der Waals surface area contributed by atoms with E-state index in [0.29, 0.717) is 12.3 Å². The predicted molar refractivity (Wildman–Crippen MR) is 102 cm³/mol. The second-order valence-electron chi connectivity index (χ2n) is 6.11. The summed E-state index contributed by atoms with van der Waals surface area (Å²) in [6.45, 7) is 4.08. The molecule has 0 unspecified atom stereocenters. The quantitative estimate of drug-likeness (QED) is 0.686. The molecule has 6 nitrogen and oxygen atoms in total. The van der Waals surface area contributed by atoms with Crippen LogP contribution in [-0.2, 0) is 20.9 Å². The standard InChI is InChI=1S/C21H25NO5/c1-15-4-8-19(9-5-15)26-13-12-20(23)27-16(2)21(24)22-14-17-6-10-18(25-3)11-7-17/h4-11,16H,12-14H2,1-3H3,(H,22,24)/t16-/m0/s1. The summed E-state index contributed by atoms with van der Waals surface area (Å²) in [5, 5.41) is 2.74. The smallest absolute Gasteiger partial charge is 0.310 e. The summed E-state index contributed by atoms with van der Waals surface area (Å²) < 4.78 is 15.7. The van der Waals surface area contributed by atoms with Crippen LogP contribution in [0.1, 0.15) is 24.5 Å². The van der Waals surface area contributed by atoms with Crippen molar-refractivity contribution < 1.29 is 23.8 Å². The third kappa shape index (κ3) is 7.01. The molecule has 27 heavy (non-hydrogen) atoms. The minimum atomic E-state index is -0.866. The molecule has 0 aliphatic heterocycles. The van der Waals surface area contributed by atoms with Crippen LogP contribution in [0.4, 0.5) is 0 Å². The first-order valence-electron chi connectivity index (χ1n) is 8.77. The molecule has 0 heterocycles. The maximum absolute atomic E-state index is 12.1. The molecule has 0 radical (unpaired) electrons. The fourth-order valence-electron chi connectivity index (χ4n) is 2.27. The Morgan fingerprint density at radius 2 is 1.63 bits per heavy atom. The van der Waals surface area contributed by atoms with Crippen molar-refractivity contribution >= 4 is 11.9 Å². The van der Waals surface area contributed by atoms with Crippen LogP contribution in [0.2, 0.25) is 0 Å². The van der Waals surface area contributed by atoms with E-state index in [9.17, 15) is 9.59 Å². The molecule has 0 spiro atoms. The molecule has 0 aliphatic rings. The van der Waals surface area contributed by atoms with E-state index < -0.39 is 12.1 Å². The number of methoxy groups -OCH3 is 1. The molecule has 0 aromatic heterocycles. The van der Waals surface area contributed by atoms with Gasteiger partial charge in [0, 0.05) is 6.54 Å². The van der Waals surface area contributed by atoms with Crippen molar-refractivity contribution in [1.82, 2.24) is 5.32 Å². The molecular formula is C21H25NO5. The van der Waals surface area contributed by atoms with E-state index in [1.807, 2.05) is 55.5 Å². The molecule has 2 rings (SSSR count). The van der Waals surface area contributed by atoms with E-state index in [2.05, 4.69) is 5.32 Å². The lowest BCUT2D eigenvalue weighted by Gasteiger charge is -2.14. The average Bonchev–Trinajstić information content (AvgIpc) is 2.68. The first-order chi connectivity index (χ1) is 13.0. The van der Waals surface area contributed by atoms with Crippen molar-refractivity contribution in [2.75, 3.05) is 13.7 Å². The van der Waals surface area contributed by atoms with Crippen molar-refractivity contribution in [1.29, 1.82) is 0 Å². The summed E-state index contributed by atoms with van der Waals surface area (Å²) >= 11 is 0. The van der Waals surface area contributed by atoms with E-state index in [4.69, 9.17) is 14.2 Å². The van der Waals surface area contributed by atoms with Crippen LogP contribution in [0.25, 0.3) is 0 Å². The minimum Gasteiger partial charge on any atom is -0.497 e. The van der Waals surface area contributed by atoms with Gasteiger partial charge in [0.2, 0.25) is 0 Å². The van der Waals surface area contributed by atoms with Gasteiger partial charge in [-0.3, -0.25) is 9.59 Å². The van der Waals surface area contributed by atoms with Crippen molar-refractivity contribution in [3.05, 3.63) is 59.7 Å². The summed E-state index contributed by atoms with van der Waals surface area (Å²) in [5.41, 5.74) is 2.06. The first kappa shape index (κ1) is 20.3. The number of hydrogen-bond donors (Lipinski definition) is 1. The van der Waals surface area contributed by atoms with Gasteiger partial charge in [0.1, 0.15) is 11.5 Å². The molecule has 0 bridgehead atoms. The third-order valence-electron chi connectivity index (χ3n) is 3.90. The summed E-state index contributed by atoms with van der Waals surface area (Å²) in [5.74, 6) is 0.617. The Kier molecular flexibility index (Phi) is 7.67. The average molecular weight is 371 g/mol. The van der Waals surface area contributed by atoms with Crippen LogP contribution in [0.5, 0.6) is 11.5 Å². The normalized spacial score (nSPS) is 11.4. The Bertz CT molecular complexity index is 740. The number of rotatable bonds is 9. The Labute approximate surface area is 159 Å². The van der Waals surface area contributed by atoms with Gasteiger partial charge in [0.05, 0.1) is 20.1 Å². The zero-order valence-corrected chi connectivity index (χ0v) is 15.9. The number of amides is 1. The number of esters is 1. The largest absolute Gasteiger partial charge is 0.497 e. The van der Waals surface area contributed by atoms with Gasteiger partial charge < -0.3 is 19.5 Å². The molecular weight excluding hydrogens is 346 g/mol. The molecule has 144 valence electrons. The molecule has 2 aromatic carbocycles. The summed E-state index contributed by atoms with van der Waals surface area (Å²) in [4.78, 5) is 23.9. The summed E-state index contributed by atoms with van der Waals surface area (Å²) in [7, 11) is 1.60. The number of benzene rings is 2. The van der Waals surface area contributed by atoms with Crippen LogP contribution in [0.15, 0.2) is 48.5 Å². The molecule has 1 amide bonds. The van der Waals surface area contributed by atoms with Gasteiger partial charge >= 0.3 is 5.97 Å². The SMILES string of the molecule is COc1ccc(CNC(=O)[C@H](C)OC(=O)CCOc2ccc(C)cc2)cc1. The Hall–Kier alpha value is -3.02. The van der Waals surface area contributed by atoms with Gasteiger partial charge in [0.25, 0.3) is 5.91 Å².